The van der Waals surface area contributed by atoms with Gasteiger partial charge in [0, 0.05) is 25.4 Å². The second-order valence-electron chi connectivity index (χ2n) is 5.96. The number of hydrogen-bond acceptors (Lipinski definition) is 4. The summed E-state index contributed by atoms with van der Waals surface area (Å²) >= 11 is 0. The monoisotopic (exact) mass is 329 g/mol. The Hall–Kier alpha value is -2.25. The van der Waals surface area contributed by atoms with Crippen LogP contribution < -0.4 is 5.32 Å². The molecule has 7 heteroatoms. The highest BCUT2D eigenvalue weighted by atomic mass is 19.1. The molecule has 3 heterocycles. The van der Waals surface area contributed by atoms with Crippen LogP contribution in [0.25, 0.3) is 11.0 Å². The number of H-pyrrole nitrogens is 1. The fourth-order valence-electron chi connectivity index (χ4n) is 3.40. The van der Waals surface area contributed by atoms with Gasteiger partial charge >= 0.3 is 0 Å². The molecule has 3 aromatic rings. The average molecular weight is 329 g/mol. The summed E-state index contributed by atoms with van der Waals surface area (Å²) in [6.45, 7) is 4.07. The fraction of sp³-hybridized carbons (Fsp3) is 0.412. The van der Waals surface area contributed by atoms with Crippen molar-refractivity contribution in [2.24, 2.45) is 0 Å². The number of aryl methyl sites for hydroxylation is 1. The molecule has 0 saturated carbocycles. The lowest BCUT2D eigenvalue weighted by molar-refractivity contribution is 0.0949. The maximum absolute atomic E-state index is 14.0. The zero-order chi connectivity index (χ0) is 16.5. The summed E-state index contributed by atoms with van der Waals surface area (Å²) in [5, 5.41) is 10.5. The summed E-state index contributed by atoms with van der Waals surface area (Å²) in [7, 11) is 0. The summed E-state index contributed by atoms with van der Waals surface area (Å²) in [6, 6.07) is 7.19. The highest BCUT2D eigenvalue weighted by Gasteiger charge is 2.30. The first-order chi connectivity index (χ1) is 11.8. The van der Waals surface area contributed by atoms with E-state index in [2.05, 4.69) is 20.5 Å². The van der Waals surface area contributed by atoms with Crippen LogP contribution in [0.3, 0.4) is 0 Å². The number of rotatable bonds is 5. The van der Waals surface area contributed by atoms with Crippen LogP contribution in [0.1, 0.15) is 31.0 Å². The minimum absolute atomic E-state index is 0.0382. The Kier molecular flexibility index (Phi) is 4.03. The predicted molar refractivity (Wildman–Crippen MR) is 87.9 cm³/mol. The van der Waals surface area contributed by atoms with Crippen LogP contribution in [0, 0.1) is 5.82 Å². The maximum atomic E-state index is 14.0. The average Bonchev–Trinajstić information content (AvgIpc) is 3.31. The molecule has 0 spiro atoms. The SMILES string of the molecule is CCn1c(CN[C@H]2CCO[C@@H]2c2ccn[nH]2)nc2c(F)cccc21. The number of halogens is 1. The molecule has 1 fully saturated rings. The third kappa shape index (κ3) is 2.59. The summed E-state index contributed by atoms with van der Waals surface area (Å²) < 4.78 is 21.8. The van der Waals surface area contributed by atoms with E-state index >= 15 is 0 Å². The van der Waals surface area contributed by atoms with E-state index in [9.17, 15) is 4.39 Å². The Morgan fingerprint density at radius 2 is 2.33 bits per heavy atom. The normalized spacial score (nSPS) is 20.9. The zero-order valence-electron chi connectivity index (χ0n) is 13.5. The van der Waals surface area contributed by atoms with Gasteiger partial charge in [0.25, 0.3) is 0 Å². The number of nitrogens with one attached hydrogen (secondary N) is 2. The van der Waals surface area contributed by atoms with Crippen molar-refractivity contribution in [2.45, 2.75) is 38.6 Å². The molecule has 2 aromatic heterocycles. The second kappa shape index (κ2) is 6.33. The molecule has 1 saturated heterocycles. The Balaban J connectivity index is 1.55. The molecule has 1 aliphatic rings. The van der Waals surface area contributed by atoms with Crippen LogP contribution in [0.2, 0.25) is 0 Å². The summed E-state index contributed by atoms with van der Waals surface area (Å²) in [5.41, 5.74) is 2.24. The third-order valence-electron chi connectivity index (χ3n) is 4.57. The molecule has 24 heavy (non-hydrogen) atoms. The first kappa shape index (κ1) is 15.3. The topological polar surface area (TPSA) is 67.8 Å². The lowest BCUT2D eigenvalue weighted by Gasteiger charge is -2.18. The molecule has 1 aromatic carbocycles. The molecule has 0 unspecified atom stereocenters. The van der Waals surface area contributed by atoms with Gasteiger partial charge in [0.05, 0.1) is 17.8 Å². The van der Waals surface area contributed by atoms with Gasteiger partial charge < -0.3 is 14.6 Å². The minimum atomic E-state index is -0.277. The number of nitrogens with zero attached hydrogens (tertiary/aromatic N) is 3. The van der Waals surface area contributed by atoms with Gasteiger partial charge in [-0.05, 0) is 31.5 Å². The Labute approximate surface area is 139 Å². The highest BCUT2D eigenvalue weighted by Crippen LogP contribution is 2.28. The molecular weight excluding hydrogens is 309 g/mol. The first-order valence-corrected chi connectivity index (χ1v) is 8.25. The summed E-state index contributed by atoms with van der Waals surface area (Å²) in [5.74, 6) is 0.563. The summed E-state index contributed by atoms with van der Waals surface area (Å²) in [4.78, 5) is 4.50. The lowest BCUT2D eigenvalue weighted by Crippen LogP contribution is -2.32. The number of benzene rings is 1. The smallest absolute Gasteiger partial charge is 0.151 e. The van der Waals surface area contributed by atoms with Crippen LogP contribution in [0.4, 0.5) is 4.39 Å². The van der Waals surface area contributed by atoms with E-state index in [-0.39, 0.29) is 18.0 Å². The van der Waals surface area contributed by atoms with Crippen molar-refractivity contribution >= 4 is 11.0 Å². The fourth-order valence-corrected chi connectivity index (χ4v) is 3.40. The number of aromatic amines is 1. The van der Waals surface area contributed by atoms with Gasteiger partial charge in [-0.3, -0.25) is 5.10 Å². The van der Waals surface area contributed by atoms with E-state index in [4.69, 9.17) is 4.74 Å². The molecule has 0 aliphatic carbocycles. The van der Waals surface area contributed by atoms with Crippen molar-refractivity contribution in [3.05, 3.63) is 47.8 Å². The molecule has 0 amide bonds. The van der Waals surface area contributed by atoms with Crippen molar-refractivity contribution < 1.29 is 9.13 Å². The largest absolute Gasteiger partial charge is 0.370 e. The number of para-hydroxylation sites is 1. The lowest BCUT2D eigenvalue weighted by atomic mass is 10.1. The van der Waals surface area contributed by atoms with Gasteiger partial charge in [0.15, 0.2) is 5.82 Å². The number of fused-ring (bicyclic) bond motifs is 1. The van der Waals surface area contributed by atoms with Gasteiger partial charge in [-0.2, -0.15) is 5.10 Å². The van der Waals surface area contributed by atoms with Crippen molar-refractivity contribution in [2.75, 3.05) is 6.61 Å². The molecule has 6 nitrogen and oxygen atoms in total. The van der Waals surface area contributed by atoms with Crippen molar-refractivity contribution in [1.29, 1.82) is 0 Å². The van der Waals surface area contributed by atoms with Crippen LogP contribution in [-0.4, -0.2) is 32.4 Å². The van der Waals surface area contributed by atoms with E-state index in [1.54, 1.807) is 12.3 Å². The highest BCUT2D eigenvalue weighted by molar-refractivity contribution is 5.76. The second-order valence-corrected chi connectivity index (χ2v) is 5.96. The molecule has 0 bridgehead atoms. The Morgan fingerprint density at radius 1 is 1.42 bits per heavy atom. The van der Waals surface area contributed by atoms with Gasteiger partial charge in [0.2, 0.25) is 0 Å². The van der Waals surface area contributed by atoms with Crippen molar-refractivity contribution in [1.82, 2.24) is 25.1 Å². The molecule has 2 atom stereocenters. The van der Waals surface area contributed by atoms with Gasteiger partial charge in [-0.1, -0.05) is 6.07 Å². The maximum Gasteiger partial charge on any atom is 0.151 e. The van der Waals surface area contributed by atoms with Crippen molar-refractivity contribution in [3.63, 3.8) is 0 Å². The first-order valence-electron chi connectivity index (χ1n) is 8.25. The van der Waals surface area contributed by atoms with Crippen LogP contribution in [0.15, 0.2) is 30.5 Å². The standard InChI is InChI=1S/C17H20FN5O/c1-2-23-14-5-3-4-11(18)16(14)21-15(23)10-19-12-7-9-24-17(12)13-6-8-20-22-13/h3-6,8,12,17,19H,2,7,9-10H2,1H3,(H,20,22)/t12-,17-/m0/s1. The summed E-state index contributed by atoms with van der Waals surface area (Å²) in [6.07, 6.45) is 2.61. The van der Waals surface area contributed by atoms with Gasteiger partial charge in [-0.25, -0.2) is 9.37 Å². The molecular formula is C17H20FN5O. The Bertz CT molecular complexity index is 829. The van der Waals surface area contributed by atoms with Crippen LogP contribution in [0.5, 0.6) is 0 Å². The molecule has 1 aliphatic heterocycles. The van der Waals surface area contributed by atoms with Crippen LogP contribution >= 0.6 is 0 Å². The van der Waals surface area contributed by atoms with Crippen LogP contribution in [-0.2, 0) is 17.8 Å². The molecule has 0 radical (unpaired) electrons. The van der Waals surface area contributed by atoms with E-state index in [0.29, 0.717) is 18.7 Å². The van der Waals surface area contributed by atoms with E-state index in [1.807, 2.05) is 23.6 Å². The predicted octanol–water partition coefficient (Wildman–Crippen LogP) is 2.54. The van der Waals surface area contributed by atoms with E-state index in [1.165, 1.54) is 6.07 Å². The number of imidazole rings is 1. The quantitative estimate of drug-likeness (QED) is 0.755. The van der Waals surface area contributed by atoms with E-state index < -0.39 is 0 Å². The number of hydrogen-bond donors (Lipinski definition) is 2. The Morgan fingerprint density at radius 3 is 3.12 bits per heavy atom. The van der Waals surface area contributed by atoms with Gasteiger partial charge in [0.1, 0.15) is 17.4 Å². The number of ether oxygens (including phenoxy) is 1. The zero-order valence-corrected chi connectivity index (χ0v) is 13.5. The van der Waals surface area contributed by atoms with Gasteiger partial charge in [-0.15, -0.1) is 0 Å². The molecule has 126 valence electrons. The third-order valence-corrected chi connectivity index (χ3v) is 4.57. The molecule has 4 rings (SSSR count). The molecule has 2 N–H and O–H groups in total. The minimum Gasteiger partial charge on any atom is -0.370 e. The van der Waals surface area contributed by atoms with Crippen molar-refractivity contribution in [3.8, 4) is 0 Å². The number of aromatic nitrogens is 4. The van der Waals surface area contributed by atoms with E-state index in [0.717, 1.165) is 30.0 Å².